The van der Waals surface area contributed by atoms with E-state index in [4.69, 9.17) is 10.4 Å². The lowest BCUT2D eigenvalue weighted by Crippen LogP contribution is -2.48. The lowest BCUT2D eigenvalue weighted by molar-refractivity contribution is -0.0892. The first-order valence-electron chi connectivity index (χ1n) is 5.84. The van der Waals surface area contributed by atoms with Gasteiger partial charge in [0.1, 0.15) is 0 Å². The average molecular weight is 247 g/mol. The van der Waals surface area contributed by atoms with Gasteiger partial charge in [0.05, 0.1) is 16.9 Å². The SMILES string of the molecule is CC(C)(O)C(C)(C)O[B]C(=CN)c1ccccn1. The van der Waals surface area contributed by atoms with E-state index in [2.05, 4.69) is 4.98 Å². The smallest absolute Gasteiger partial charge is 0.334 e. The first-order chi connectivity index (χ1) is 8.28. The number of rotatable bonds is 5. The second kappa shape index (κ2) is 5.54. The van der Waals surface area contributed by atoms with Crippen LogP contribution in [-0.2, 0) is 4.65 Å². The van der Waals surface area contributed by atoms with E-state index in [0.717, 1.165) is 5.69 Å². The van der Waals surface area contributed by atoms with Gasteiger partial charge >= 0.3 is 7.48 Å². The summed E-state index contributed by atoms with van der Waals surface area (Å²) in [6, 6.07) is 5.55. The predicted molar refractivity (Wildman–Crippen MR) is 73.6 cm³/mol. The van der Waals surface area contributed by atoms with Crippen molar-refractivity contribution in [3.63, 3.8) is 0 Å². The Labute approximate surface area is 109 Å². The van der Waals surface area contributed by atoms with Crippen LogP contribution >= 0.6 is 0 Å². The number of nitrogens with zero attached hydrogens (tertiary/aromatic N) is 1. The lowest BCUT2D eigenvalue weighted by Gasteiger charge is -2.37. The van der Waals surface area contributed by atoms with Crippen molar-refractivity contribution in [3.8, 4) is 0 Å². The molecule has 4 nitrogen and oxygen atoms in total. The Morgan fingerprint density at radius 1 is 1.39 bits per heavy atom. The molecular formula is C13H20BN2O2. The zero-order chi connectivity index (χ0) is 13.8. The minimum Gasteiger partial charge on any atom is -0.426 e. The molecule has 0 fully saturated rings. The van der Waals surface area contributed by atoms with Gasteiger partial charge in [-0.3, -0.25) is 4.98 Å². The van der Waals surface area contributed by atoms with Crippen LogP contribution in [0.4, 0.5) is 0 Å². The Kier molecular flexibility index (Phi) is 4.54. The average Bonchev–Trinajstić information content (AvgIpc) is 2.29. The molecule has 0 bridgehead atoms. The molecule has 1 aromatic heterocycles. The van der Waals surface area contributed by atoms with Crippen molar-refractivity contribution in [2.75, 3.05) is 0 Å². The molecule has 5 heteroatoms. The molecule has 18 heavy (non-hydrogen) atoms. The minimum atomic E-state index is -0.965. The highest BCUT2D eigenvalue weighted by atomic mass is 16.5. The molecule has 0 spiro atoms. The Morgan fingerprint density at radius 2 is 2.06 bits per heavy atom. The molecule has 1 aromatic rings. The van der Waals surface area contributed by atoms with Crippen LogP contribution in [0.15, 0.2) is 30.6 Å². The van der Waals surface area contributed by atoms with Gasteiger partial charge in [-0.1, -0.05) is 6.07 Å². The van der Waals surface area contributed by atoms with Crippen LogP contribution in [0.1, 0.15) is 33.4 Å². The maximum atomic E-state index is 9.99. The van der Waals surface area contributed by atoms with Gasteiger partial charge in [0.2, 0.25) is 0 Å². The van der Waals surface area contributed by atoms with E-state index < -0.39 is 11.2 Å². The molecule has 0 aromatic carbocycles. The highest BCUT2D eigenvalue weighted by molar-refractivity contribution is 6.55. The van der Waals surface area contributed by atoms with E-state index in [1.54, 1.807) is 20.0 Å². The number of hydrogen-bond donors (Lipinski definition) is 2. The van der Waals surface area contributed by atoms with E-state index in [0.29, 0.717) is 5.47 Å². The number of aliphatic hydroxyl groups is 1. The number of pyridine rings is 1. The van der Waals surface area contributed by atoms with E-state index in [1.165, 1.54) is 13.7 Å². The van der Waals surface area contributed by atoms with E-state index in [1.807, 2.05) is 32.0 Å². The summed E-state index contributed by atoms with van der Waals surface area (Å²) in [6.45, 7) is 7.03. The van der Waals surface area contributed by atoms with Crippen LogP contribution in [0, 0.1) is 0 Å². The Balaban J connectivity index is 2.74. The second-order valence-corrected chi connectivity index (χ2v) is 5.14. The fourth-order valence-corrected chi connectivity index (χ4v) is 1.07. The molecule has 0 saturated carbocycles. The van der Waals surface area contributed by atoms with Crippen LogP contribution in [0.3, 0.4) is 0 Å². The Morgan fingerprint density at radius 3 is 2.50 bits per heavy atom. The van der Waals surface area contributed by atoms with Crippen LogP contribution in [0.5, 0.6) is 0 Å². The zero-order valence-electron chi connectivity index (χ0n) is 11.3. The third-order valence-corrected chi connectivity index (χ3v) is 3.09. The molecule has 0 aliphatic heterocycles. The van der Waals surface area contributed by atoms with Gasteiger partial charge in [-0.2, -0.15) is 0 Å². The summed E-state index contributed by atoms with van der Waals surface area (Å²) in [5, 5.41) is 9.99. The molecule has 97 valence electrons. The first-order valence-corrected chi connectivity index (χ1v) is 5.84. The molecule has 0 unspecified atom stereocenters. The van der Waals surface area contributed by atoms with Crippen molar-refractivity contribution in [2.24, 2.45) is 5.73 Å². The van der Waals surface area contributed by atoms with Gasteiger partial charge in [0, 0.05) is 6.20 Å². The maximum absolute atomic E-state index is 9.99. The van der Waals surface area contributed by atoms with Crippen LogP contribution < -0.4 is 5.73 Å². The highest BCUT2D eigenvalue weighted by Crippen LogP contribution is 2.25. The molecule has 0 amide bonds. The van der Waals surface area contributed by atoms with Gasteiger partial charge in [-0.05, 0) is 51.5 Å². The maximum Gasteiger partial charge on any atom is 0.334 e. The summed E-state index contributed by atoms with van der Waals surface area (Å²) in [7, 11) is 1.53. The minimum absolute atomic E-state index is 0.674. The molecule has 3 N–H and O–H groups in total. The molecule has 0 aliphatic rings. The summed E-state index contributed by atoms with van der Waals surface area (Å²) in [5.74, 6) is 0. The Bertz CT molecular complexity index is 411. The van der Waals surface area contributed by atoms with Crippen molar-refractivity contribution >= 4 is 13.0 Å². The number of aromatic nitrogens is 1. The van der Waals surface area contributed by atoms with Crippen LogP contribution in [0.2, 0.25) is 0 Å². The predicted octanol–water partition coefficient (Wildman–Crippen LogP) is 1.52. The van der Waals surface area contributed by atoms with Crippen LogP contribution in [-0.4, -0.2) is 28.8 Å². The molecular weight excluding hydrogens is 227 g/mol. The van der Waals surface area contributed by atoms with Crippen molar-refractivity contribution in [1.29, 1.82) is 0 Å². The van der Waals surface area contributed by atoms with E-state index in [-0.39, 0.29) is 0 Å². The Hall–Kier alpha value is -1.33. The van der Waals surface area contributed by atoms with Crippen LogP contribution in [0.25, 0.3) is 5.47 Å². The van der Waals surface area contributed by atoms with Crippen molar-refractivity contribution < 1.29 is 9.76 Å². The molecule has 0 aliphatic carbocycles. The number of hydrogen-bond acceptors (Lipinski definition) is 4. The largest absolute Gasteiger partial charge is 0.426 e. The van der Waals surface area contributed by atoms with Gasteiger partial charge in [0.25, 0.3) is 0 Å². The van der Waals surface area contributed by atoms with E-state index >= 15 is 0 Å². The zero-order valence-corrected chi connectivity index (χ0v) is 11.3. The van der Waals surface area contributed by atoms with E-state index in [9.17, 15) is 5.11 Å². The first kappa shape index (κ1) is 14.7. The monoisotopic (exact) mass is 247 g/mol. The summed E-state index contributed by atoms with van der Waals surface area (Å²) in [4.78, 5) is 4.19. The number of nitrogens with two attached hydrogens (primary N) is 1. The summed E-state index contributed by atoms with van der Waals surface area (Å²) in [6.07, 6.45) is 3.12. The third-order valence-electron chi connectivity index (χ3n) is 3.09. The fraction of sp³-hybridized carbons (Fsp3) is 0.462. The standard InChI is InChI=1S/C13H20BN2O2/c1-12(2,17)13(3,4)18-14-10(9-15)11-7-5-6-8-16-11/h5-9,17H,15H2,1-4H3. The summed E-state index contributed by atoms with van der Waals surface area (Å²) < 4.78 is 5.64. The van der Waals surface area contributed by atoms with Gasteiger partial charge in [0.15, 0.2) is 0 Å². The van der Waals surface area contributed by atoms with Crippen molar-refractivity contribution in [2.45, 2.75) is 38.9 Å². The topological polar surface area (TPSA) is 68.4 Å². The molecule has 0 saturated heterocycles. The van der Waals surface area contributed by atoms with Crippen molar-refractivity contribution in [1.82, 2.24) is 4.98 Å². The fourth-order valence-electron chi connectivity index (χ4n) is 1.07. The van der Waals surface area contributed by atoms with Gasteiger partial charge in [-0.25, -0.2) is 0 Å². The second-order valence-electron chi connectivity index (χ2n) is 5.14. The third kappa shape index (κ3) is 3.58. The molecule has 1 radical (unpaired) electrons. The van der Waals surface area contributed by atoms with Gasteiger partial charge < -0.3 is 15.5 Å². The lowest BCUT2D eigenvalue weighted by atomic mass is 9.81. The quantitative estimate of drug-likeness (QED) is 0.774. The molecule has 1 rings (SSSR count). The normalized spacial score (nSPS) is 13.5. The summed E-state index contributed by atoms with van der Waals surface area (Å²) >= 11 is 0. The molecule has 1 heterocycles. The van der Waals surface area contributed by atoms with Gasteiger partial charge in [-0.15, -0.1) is 0 Å². The summed E-state index contributed by atoms with van der Waals surface area (Å²) in [5.41, 5.74) is 5.28. The van der Waals surface area contributed by atoms with Crippen molar-refractivity contribution in [3.05, 3.63) is 36.3 Å². The highest BCUT2D eigenvalue weighted by Gasteiger charge is 2.36. The molecule has 0 atom stereocenters.